The van der Waals surface area contributed by atoms with Crippen molar-refractivity contribution in [2.45, 2.75) is 39.5 Å². The van der Waals surface area contributed by atoms with Crippen LogP contribution in [0.1, 0.15) is 45.7 Å². The molecule has 0 unspecified atom stereocenters. The smallest absolute Gasteiger partial charge is 0.280 e. The van der Waals surface area contributed by atoms with Crippen molar-refractivity contribution in [1.82, 2.24) is 9.78 Å². The Morgan fingerprint density at radius 2 is 2.11 bits per heavy atom. The topological polar surface area (TPSA) is 73.9 Å². The molecule has 0 amide bonds. The van der Waals surface area contributed by atoms with Gasteiger partial charge in [0.25, 0.3) is 5.56 Å². The Morgan fingerprint density at radius 3 is 2.86 bits per heavy atom. The molecule has 0 spiro atoms. The number of nitrogens with one attached hydrogen (secondary N) is 1. The first-order chi connectivity index (χ1) is 13.5. The van der Waals surface area contributed by atoms with Gasteiger partial charge in [0.05, 0.1) is 16.8 Å². The number of aromatic amines is 1. The molecule has 2 aromatic heterocycles. The Balaban J connectivity index is 1.73. The van der Waals surface area contributed by atoms with E-state index in [0.29, 0.717) is 32.5 Å². The van der Waals surface area contributed by atoms with Crippen LogP contribution in [0.2, 0.25) is 5.02 Å². The normalized spacial score (nSPS) is 13.6. The summed E-state index contributed by atoms with van der Waals surface area (Å²) in [5.41, 5.74) is 4.43. The average molecular weight is 411 g/mol. The third-order valence-electron chi connectivity index (χ3n) is 5.11. The van der Waals surface area contributed by atoms with Crippen molar-refractivity contribution in [3.8, 4) is 11.8 Å². The van der Waals surface area contributed by atoms with Crippen molar-refractivity contribution in [2.24, 2.45) is 4.99 Å². The maximum absolute atomic E-state index is 12.9. The summed E-state index contributed by atoms with van der Waals surface area (Å²) < 4.78 is 1.46. The number of aryl methyl sites for hydroxylation is 3. The summed E-state index contributed by atoms with van der Waals surface area (Å²) in [6.07, 6.45) is 5.78. The molecule has 142 valence electrons. The number of benzene rings is 1. The molecule has 0 aliphatic heterocycles. The maximum atomic E-state index is 12.9. The van der Waals surface area contributed by atoms with Crippen molar-refractivity contribution < 1.29 is 0 Å². The largest absolute Gasteiger partial charge is 0.295 e. The van der Waals surface area contributed by atoms with Gasteiger partial charge in [0, 0.05) is 21.8 Å². The van der Waals surface area contributed by atoms with Crippen LogP contribution in [-0.2, 0) is 12.8 Å². The van der Waals surface area contributed by atoms with E-state index >= 15 is 0 Å². The van der Waals surface area contributed by atoms with Gasteiger partial charge in [-0.15, -0.1) is 11.3 Å². The highest BCUT2D eigenvalue weighted by Crippen LogP contribution is 2.39. The van der Waals surface area contributed by atoms with E-state index in [2.05, 4.69) is 16.2 Å². The standard InChI is InChI=1S/C21H19ClN4OS/c1-12-7-8-14(9-18(12)22)26-21(27)17(13(2)25-26)11-24-20-16(10-23)15-5-3-4-6-19(15)28-20/h7-9,11,25H,3-6H2,1-2H3. The quantitative estimate of drug-likeness (QED) is 0.617. The minimum Gasteiger partial charge on any atom is -0.295 e. The number of nitrogens with zero attached hydrogens (tertiary/aromatic N) is 3. The Labute approximate surface area is 171 Å². The SMILES string of the molecule is Cc1ccc(-n2[nH]c(C)c(C=Nc3sc4c(c3C#N)CCCC4)c2=O)cc1Cl. The molecule has 1 N–H and O–H groups in total. The number of aliphatic imine (C=N–C) groups is 1. The zero-order valence-electron chi connectivity index (χ0n) is 15.7. The molecule has 1 aliphatic rings. The summed E-state index contributed by atoms with van der Waals surface area (Å²) in [6, 6.07) is 7.79. The first-order valence-corrected chi connectivity index (χ1v) is 10.4. The van der Waals surface area contributed by atoms with E-state index in [-0.39, 0.29) is 5.56 Å². The average Bonchev–Trinajstić information content (AvgIpc) is 3.19. The highest BCUT2D eigenvalue weighted by Gasteiger charge is 2.20. The molecule has 28 heavy (non-hydrogen) atoms. The molecule has 7 heteroatoms. The summed E-state index contributed by atoms with van der Waals surface area (Å²) in [5.74, 6) is 0. The number of aromatic nitrogens is 2. The van der Waals surface area contributed by atoms with Crippen molar-refractivity contribution in [3.63, 3.8) is 0 Å². The fraction of sp³-hybridized carbons (Fsp3) is 0.286. The number of nitriles is 1. The van der Waals surface area contributed by atoms with Gasteiger partial charge in [-0.1, -0.05) is 17.7 Å². The zero-order chi connectivity index (χ0) is 19.8. The van der Waals surface area contributed by atoms with Crippen LogP contribution < -0.4 is 5.56 Å². The van der Waals surface area contributed by atoms with Gasteiger partial charge < -0.3 is 0 Å². The first-order valence-electron chi connectivity index (χ1n) is 9.16. The lowest BCUT2D eigenvalue weighted by Crippen LogP contribution is -2.17. The predicted octanol–water partition coefficient (Wildman–Crippen LogP) is 5.00. The number of H-pyrrole nitrogens is 1. The van der Waals surface area contributed by atoms with Crippen molar-refractivity contribution in [1.29, 1.82) is 5.26 Å². The van der Waals surface area contributed by atoms with Crippen LogP contribution in [0.4, 0.5) is 5.00 Å². The van der Waals surface area contributed by atoms with E-state index in [1.807, 2.05) is 26.0 Å². The molecule has 0 atom stereocenters. The fourth-order valence-electron chi connectivity index (χ4n) is 3.50. The summed E-state index contributed by atoms with van der Waals surface area (Å²) in [5, 5.41) is 14.0. The van der Waals surface area contributed by atoms with Crippen LogP contribution in [-0.4, -0.2) is 16.0 Å². The lowest BCUT2D eigenvalue weighted by molar-refractivity contribution is 0.696. The summed E-state index contributed by atoms with van der Waals surface area (Å²) >= 11 is 7.77. The Hall–Kier alpha value is -2.62. The fourth-order valence-corrected chi connectivity index (χ4v) is 4.85. The van der Waals surface area contributed by atoms with Gasteiger partial charge in [-0.2, -0.15) is 5.26 Å². The molecule has 3 aromatic rings. The van der Waals surface area contributed by atoms with Crippen molar-refractivity contribution >= 4 is 34.2 Å². The number of halogens is 1. The van der Waals surface area contributed by atoms with E-state index in [0.717, 1.165) is 36.8 Å². The molecule has 0 fully saturated rings. The van der Waals surface area contributed by atoms with Crippen molar-refractivity contribution in [2.75, 3.05) is 0 Å². The second kappa shape index (κ2) is 7.42. The Bertz CT molecular complexity index is 1190. The van der Waals surface area contributed by atoms with Gasteiger partial charge in [-0.3, -0.25) is 9.89 Å². The summed E-state index contributed by atoms with van der Waals surface area (Å²) in [7, 11) is 0. The highest BCUT2D eigenvalue weighted by molar-refractivity contribution is 7.16. The third kappa shape index (κ3) is 3.21. The van der Waals surface area contributed by atoms with E-state index in [4.69, 9.17) is 11.6 Å². The number of hydrogen-bond acceptors (Lipinski definition) is 4. The molecule has 2 heterocycles. The monoisotopic (exact) mass is 410 g/mol. The summed E-state index contributed by atoms with van der Waals surface area (Å²) in [4.78, 5) is 18.7. The number of hydrogen-bond donors (Lipinski definition) is 1. The van der Waals surface area contributed by atoms with Gasteiger partial charge in [-0.05, 0) is 62.8 Å². The van der Waals surface area contributed by atoms with E-state index < -0.39 is 0 Å². The van der Waals surface area contributed by atoms with Gasteiger partial charge >= 0.3 is 0 Å². The number of fused-ring (bicyclic) bond motifs is 1. The highest BCUT2D eigenvalue weighted by atomic mass is 35.5. The van der Waals surface area contributed by atoms with Gasteiger partial charge in [0.1, 0.15) is 11.1 Å². The molecular weight excluding hydrogens is 392 g/mol. The number of rotatable bonds is 3. The summed E-state index contributed by atoms with van der Waals surface area (Å²) in [6.45, 7) is 3.75. The van der Waals surface area contributed by atoms with E-state index in [1.54, 1.807) is 23.6 Å². The molecule has 1 aromatic carbocycles. The minimum atomic E-state index is -0.194. The molecule has 0 radical (unpaired) electrons. The van der Waals surface area contributed by atoms with Crippen molar-refractivity contribution in [3.05, 3.63) is 66.4 Å². The first kappa shape index (κ1) is 18.7. The molecule has 0 bridgehead atoms. The van der Waals surface area contributed by atoms with Gasteiger partial charge in [0.2, 0.25) is 0 Å². The van der Waals surface area contributed by atoms with E-state index in [9.17, 15) is 10.1 Å². The Morgan fingerprint density at radius 1 is 1.32 bits per heavy atom. The molecule has 1 aliphatic carbocycles. The van der Waals surface area contributed by atoms with Crippen LogP contribution in [0.25, 0.3) is 5.69 Å². The van der Waals surface area contributed by atoms with Crippen LogP contribution >= 0.6 is 22.9 Å². The van der Waals surface area contributed by atoms with Crippen LogP contribution in [0.3, 0.4) is 0 Å². The lowest BCUT2D eigenvalue weighted by Gasteiger charge is -2.09. The molecule has 0 saturated carbocycles. The maximum Gasteiger partial charge on any atom is 0.280 e. The second-order valence-corrected chi connectivity index (χ2v) is 8.48. The predicted molar refractivity (Wildman–Crippen MR) is 114 cm³/mol. The second-order valence-electron chi connectivity index (χ2n) is 6.99. The number of thiophene rings is 1. The van der Waals surface area contributed by atoms with Crippen LogP contribution in [0.5, 0.6) is 0 Å². The molecule has 5 nitrogen and oxygen atoms in total. The minimum absolute atomic E-state index is 0.194. The van der Waals surface area contributed by atoms with E-state index in [1.165, 1.54) is 9.56 Å². The molecule has 4 rings (SSSR count). The van der Waals surface area contributed by atoms with Crippen LogP contribution in [0.15, 0.2) is 28.0 Å². The molecular formula is C21H19ClN4OS. The third-order valence-corrected chi connectivity index (χ3v) is 6.71. The van der Waals surface area contributed by atoms with Gasteiger partial charge in [-0.25, -0.2) is 9.67 Å². The molecule has 0 saturated heterocycles. The van der Waals surface area contributed by atoms with Crippen LogP contribution in [0, 0.1) is 25.2 Å². The zero-order valence-corrected chi connectivity index (χ0v) is 17.2. The Kier molecular flexibility index (Phi) is 4.96. The lowest BCUT2D eigenvalue weighted by atomic mass is 9.96. The van der Waals surface area contributed by atoms with Gasteiger partial charge in [0.15, 0.2) is 0 Å².